The van der Waals surface area contributed by atoms with Gasteiger partial charge in [0.2, 0.25) is 0 Å². The highest BCUT2D eigenvalue weighted by molar-refractivity contribution is 5.98. The van der Waals surface area contributed by atoms with Crippen molar-refractivity contribution in [2.45, 2.75) is 6.92 Å². The number of carbonyl (C=O) groups is 1. The number of rotatable bonds is 3. The van der Waals surface area contributed by atoms with Crippen LogP contribution < -0.4 is 10.5 Å². The molecule has 2 N–H and O–H groups in total. The van der Waals surface area contributed by atoms with E-state index < -0.39 is 11.7 Å². The van der Waals surface area contributed by atoms with Crippen LogP contribution in [0, 0.1) is 12.7 Å². The van der Waals surface area contributed by atoms with E-state index in [9.17, 15) is 9.18 Å². The van der Waals surface area contributed by atoms with E-state index in [0.29, 0.717) is 22.8 Å². The smallest absolute Gasteiger partial charge is 0.254 e. The zero-order chi connectivity index (χ0) is 15.9. The number of methoxy groups -OCH3 is 1. The summed E-state index contributed by atoms with van der Waals surface area (Å²) in [7, 11) is 1.50. The van der Waals surface area contributed by atoms with E-state index in [1.54, 1.807) is 19.1 Å². The second-order valence-corrected chi connectivity index (χ2v) is 4.79. The third kappa shape index (κ3) is 2.16. The van der Waals surface area contributed by atoms with E-state index in [1.165, 1.54) is 30.0 Å². The summed E-state index contributed by atoms with van der Waals surface area (Å²) in [5.74, 6) is -0.554. The molecule has 2 aromatic heterocycles. The standard InChI is InChI=1S/C15H13FN4O2/c1-8-5-13(10-6-9(22-2)3-4-12(10)16)19-15-11(14(17)21)7-18-20(8)15/h3-7H,1-2H3,(H2,17,21). The van der Waals surface area contributed by atoms with E-state index in [4.69, 9.17) is 10.5 Å². The maximum Gasteiger partial charge on any atom is 0.254 e. The van der Waals surface area contributed by atoms with Crippen molar-refractivity contribution >= 4 is 11.6 Å². The molecule has 0 fully saturated rings. The number of primary amides is 1. The summed E-state index contributed by atoms with van der Waals surface area (Å²) in [5.41, 5.74) is 7.16. The average Bonchev–Trinajstić information content (AvgIpc) is 2.92. The summed E-state index contributed by atoms with van der Waals surface area (Å²) >= 11 is 0. The SMILES string of the molecule is COc1ccc(F)c(-c2cc(C)n3ncc(C(N)=O)c3n2)c1. The van der Waals surface area contributed by atoms with Crippen LogP contribution in [0.25, 0.3) is 16.9 Å². The third-order valence-corrected chi connectivity index (χ3v) is 3.36. The van der Waals surface area contributed by atoms with Gasteiger partial charge in [0.1, 0.15) is 17.1 Å². The first-order valence-electron chi connectivity index (χ1n) is 6.50. The van der Waals surface area contributed by atoms with Gasteiger partial charge in [-0.3, -0.25) is 4.79 Å². The molecule has 0 atom stereocenters. The Balaban J connectivity index is 2.28. The summed E-state index contributed by atoms with van der Waals surface area (Å²) in [4.78, 5) is 15.8. The Bertz CT molecular complexity index is 889. The Morgan fingerprint density at radius 2 is 2.14 bits per heavy atom. The van der Waals surface area contributed by atoms with Gasteiger partial charge in [-0.15, -0.1) is 0 Å². The van der Waals surface area contributed by atoms with Crippen molar-refractivity contribution in [3.05, 3.63) is 47.5 Å². The molecule has 0 saturated heterocycles. The first-order valence-corrected chi connectivity index (χ1v) is 6.50. The molecule has 0 spiro atoms. The molecule has 3 rings (SSSR count). The molecule has 0 saturated carbocycles. The predicted octanol–water partition coefficient (Wildman–Crippen LogP) is 1.95. The van der Waals surface area contributed by atoms with Gasteiger partial charge in [0.25, 0.3) is 5.91 Å². The number of benzene rings is 1. The van der Waals surface area contributed by atoms with Gasteiger partial charge in [0.05, 0.1) is 19.0 Å². The molecule has 0 aliphatic heterocycles. The molecule has 0 unspecified atom stereocenters. The lowest BCUT2D eigenvalue weighted by Gasteiger charge is -2.08. The van der Waals surface area contributed by atoms with Crippen molar-refractivity contribution in [3.63, 3.8) is 0 Å². The predicted molar refractivity (Wildman–Crippen MR) is 78.2 cm³/mol. The van der Waals surface area contributed by atoms with Gasteiger partial charge in [-0.1, -0.05) is 0 Å². The molecule has 7 heteroatoms. The van der Waals surface area contributed by atoms with Gasteiger partial charge in [0, 0.05) is 11.3 Å². The second-order valence-electron chi connectivity index (χ2n) is 4.79. The minimum absolute atomic E-state index is 0.188. The van der Waals surface area contributed by atoms with Gasteiger partial charge < -0.3 is 10.5 Å². The molecule has 3 aromatic rings. The molecule has 112 valence electrons. The Morgan fingerprint density at radius 3 is 2.82 bits per heavy atom. The van der Waals surface area contributed by atoms with Crippen molar-refractivity contribution in [2.75, 3.05) is 7.11 Å². The fourth-order valence-electron chi connectivity index (χ4n) is 2.25. The van der Waals surface area contributed by atoms with Gasteiger partial charge in [-0.25, -0.2) is 13.9 Å². The normalized spacial score (nSPS) is 10.9. The van der Waals surface area contributed by atoms with Crippen molar-refractivity contribution < 1.29 is 13.9 Å². The molecular formula is C15H13FN4O2. The number of nitrogens with zero attached hydrogens (tertiary/aromatic N) is 3. The van der Waals surface area contributed by atoms with Gasteiger partial charge in [0.15, 0.2) is 5.65 Å². The minimum atomic E-state index is -0.634. The fourth-order valence-corrected chi connectivity index (χ4v) is 2.25. The fraction of sp³-hybridized carbons (Fsp3) is 0.133. The highest BCUT2D eigenvalue weighted by Crippen LogP contribution is 2.27. The Hall–Kier alpha value is -2.96. The van der Waals surface area contributed by atoms with E-state index in [1.807, 2.05) is 0 Å². The summed E-state index contributed by atoms with van der Waals surface area (Å²) in [6.07, 6.45) is 1.35. The Labute approximate surface area is 125 Å². The summed E-state index contributed by atoms with van der Waals surface area (Å²) in [5, 5.41) is 4.07. The lowest BCUT2D eigenvalue weighted by Crippen LogP contribution is -2.11. The molecule has 0 aliphatic carbocycles. The summed E-state index contributed by atoms with van der Waals surface area (Å²) in [6.45, 7) is 1.79. The topological polar surface area (TPSA) is 82.5 Å². The van der Waals surface area contributed by atoms with Crippen LogP contribution in [0.15, 0.2) is 30.5 Å². The van der Waals surface area contributed by atoms with Crippen LogP contribution in [-0.4, -0.2) is 27.6 Å². The number of halogens is 1. The highest BCUT2D eigenvalue weighted by atomic mass is 19.1. The Kier molecular flexibility index (Phi) is 3.25. The maximum atomic E-state index is 14.1. The molecule has 0 aliphatic rings. The zero-order valence-corrected chi connectivity index (χ0v) is 12.0. The number of carbonyl (C=O) groups excluding carboxylic acids is 1. The van der Waals surface area contributed by atoms with E-state index in [2.05, 4.69) is 10.1 Å². The van der Waals surface area contributed by atoms with Gasteiger partial charge >= 0.3 is 0 Å². The third-order valence-electron chi connectivity index (χ3n) is 3.36. The van der Waals surface area contributed by atoms with Crippen LogP contribution in [0.1, 0.15) is 16.1 Å². The molecule has 2 heterocycles. The number of nitrogens with two attached hydrogens (primary N) is 1. The Morgan fingerprint density at radius 1 is 1.36 bits per heavy atom. The zero-order valence-electron chi connectivity index (χ0n) is 12.0. The molecule has 1 aromatic carbocycles. The molecule has 1 amide bonds. The molecule has 0 radical (unpaired) electrons. The summed E-state index contributed by atoms with van der Waals surface area (Å²) in [6, 6.07) is 6.06. The maximum absolute atomic E-state index is 14.1. The van der Waals surface area contributed by atoms with Crippen molar-refractivity contribution in [2.24, 2.45) is 5.73 Å². The number of hydrogen-bond acceptors (Lipinski definition) is 4. The van der Waals surface area contributed by atoms with Crippen molar-refractivity contribution in [1.82, 2.24) is 14.6 Å². The largest absolute Gasteiger partial charge is 0.497 e. The first kappa shape index (κ1) is 14.0. The molecule has 0 bridgehead atoms. The van der Waals surface area contributed by atoms with Gasteiger partial charge in [-0.2, -0.15) is 5.10 Å². The molecular weight excluding hydrogens is 287 g/mol. The van der Waals surface area contributed by atoms with E-state index in [0.717, 1.165) is 0 Å². The van der Waals surface area contributed by atoms with Crippen LogP contribution in [0.5, 0.6) is 5.75 Å². The number of aryl methyl sites for hydroxylation is 1. The second kappa shape index (κ2) is 5.10. The number of fused-ring (bicyclic) bond motifs is 1. The lowest BCUT2D eigenvalue weighted by molar-refractivity contribution is 0.100. The van der Waals surface area contributed by atoms with Crippen molar-refractivity contribution in [3.8, 4) is 17.0 Å². The van der Waals surface area contributed by atoms with Crippen LogP contribution in [0.2, 0.25) is 0 Å². The van der Waals surface area contributed by atoms with E-state index >= 15 is 0 Å². The molecule has 22 heavy (non-hydrogen) atoms. The highest BCUT2D eigenvalue weighted by Gasteiger charge is 2.16. The number of aromatic nitrogens is 3. The van der Waals surface area contributed by atoms with Crippen LogP contribution in [-0.2, 0) is 0 Å². The van der Waals surface area contributed by atoms with Crippen LogP contribution in [0.3, 0.4) is 0 Å². The van der Waals surface area contributed by atoms with Crippen LogP contribution in [0.4, 0.5) is 4.39 Å². The van der Waals surface area contributed by atoms with Crippen LogP contribution >= 0.6 is 0 Å². The van der Waals surface area contributed by atoms with Gasteiger partial charge in [-0.05, 0) is 31.2 Å². The number of amides is 1. The van der Waals surface area contributed by atoms with E-state index in [-0.39, 0.29) is 11.1 Å². The number of hydrogen-bond donors (Lipinski definition) is 1. The minimum Gasteiger partial charge on any atom is -0.497 e. The monoisotopic (exact) mass is 300 g/mol. The van der Waals surface area contributed by atoms with Crippen molar-refractivity contribution in [1.29, 1.82) is 0 Å². The quantitative estimate of drug-likeness (QED) is 0.801. The molecule has 6 nitrogen and oxygen atoms in total. The summed E-state index contributed by atoms with van der Waals surface area (Å²) < 4.78 is 20.7. The first-order chi connectivity index (χ1) is 10.5. The lowest BCUT2D eigenvalue weighted by atomic mass is 10.1. The number of ether oxygens (including phenoxy) is 1. The average molecular weight is 300 g/mol.